The average molecular weight is 267 g/mol. The first-order valence-electron chi connectivity index (χ1n) is 4.84. The Kier molecular flexibility index (Phi) is 2.72. The fraction of sp³-hybridized carbons (Fsp3) is 0. The molecule has 0 radical (unpaired) electrons. The molecule has 0 aliphatic rings. The van der Waals surface area contributed by atoms with Gasteiger partial charge in [-0.2, -0.15) is 8.42 Å². The van der Waals surface area contributed by atoms with E-state index < -0.39 is 26.7 Å². The number of phenols is 1. The Hall–Kier alpha value is -2.12. The molecule has 6 nitrogen and oxygen atoms in total. The van der Waals surface area contributed by atoms with Crippen LogP contribution in [0.4, 0.5) is 0 Å². The number of aromatic hydroxyl groups is 1. The summed E-state index contributed by atoms with van der Waals surface area (Å²) in [6, 6.07) is 6.78. The summed E-state index contributed by atoms with van der Waals surface area (Å²) in [5, 5.41) is 10.1. The lowest BCUT2D eigenvalue weighted by Crippen LogP contribution is -2.13. The third kappa shape index (κ3) is 1.89. The molecule has 0 bridgehead atoms. The summed E-state index contributed by atoms with van der Waals surface area (Å²) in [6.45, 7) is 0. The summed E-state index contributed by atoms with van der Waals surface area (Å²) >= 11 is 0. The SMILES string of the molecule is NC(=O)c1cc(S(=O)(=O)O)c2ccccc2c1O. The topological polar surface area (TPSA) is 118 Å². The van der Waals surface area contributed by atoms with E-state index in [-0.39, 0.29) is 16.3 Å². The molecule has 0 unspecified atom stereocenters. The van der Waals surface area contributed by atoms with Crippen LogP contribution in [0.5, 0.6) is 5.75 Å². The number of carbonyl (C=O) groups excluding carboxylic acids is 1. The average Bonchev–Trinajstić information content (AvgIpc) is 2.27. The van der Waals surface area contributed by atoms with Crippen LogP contribution in [0.1, 0.15) is 10.4 Å². The molecule has 0 atom stereocenters. The van der Waals surface area contributed by atoms with Gasteiger partial charge in [0, 0.05) is 10.8 Å². The molecule has 0 saturated carbocycles. The highest BCUT2D eigenvalue weighted by atomic mass is 32.2. The normalized spacial score (nSPS) is 11.6. The number of rotatable bonds is 2. The Morgan fingerprint density at radius 1 is 1.17 bits per heavy atom. The first-order chi connectivity index (χ1) is 8.32. The van der Waals surface area contributed by atoms with Gasteiger partial charge >= 0.3 is 0 Å². The molecule has 2 aromatic carbocycles. The lowest BCUT2D eigenvalue weighted by atomic mass is 10.0. The van der Waals surface area contributed by atoms with E-state index in [9.17, 15) is 18.3 Å². The fourth-order valence-electron chi connectivity index (χ4n) is 1.73. The van der Waals surface area contributed by atoms with Crippen LogP contribution in [0.15, 0.2) is 35.2 Å². The minimum atomic E-state index is -4.52. The Morgan fingerprint density at radius 3 is 2.22 bits per heavy atom. The monoisotopic (exact) mass is 267 g/mol. The van der Waals surface area contributed by atoms with E-state index in [4.69, 9.17) is 10.3 Å². The van der Waals surface area contributed by atoms with Crippen molar-refractivity contribution in [1.29, 1.82) is 0 Å². The van der Waals surface area contributed by atoms with E-state index in [1.165, 1.54) is 12.1 Å². The second-order valence-electron chi connectivity index (χ2n) is 3.66. The van der Waals surface area contributed by atoms with Gasteiger partial charge in [0.05, 0.1) is 5.56 Å². The van der Waals surface area contributed by atoms with Crippen molar-refractivity contribution < 1.29 is 22.9 Å². The first-order valence-corrected chi connectivity index (χ1v) is 6.28. The summed E-state index contributed by atoms with van der Waals surface area (Å²) in [6.07, 6.45) is 0. The van der Waals surface area contributed by atoms with Crippen LogP contribution in [0.3, 0.4) is 0 Å². The number of nitrogens with two attached hydrogens (primary N) is 1. The number of primary amides is 1. The zero-order valence-electron chi connectivity index (χ0n) is 8.99. The molecule has 18 heavy (non-hydrogen) atoms. The Labute approximate surface area is 102 Å². The summed E-state index contributed by atoms with van der Waals surface area (Å²) in [5.74, 6) is -1.39. The summed E-state index contributed by atoms with van der Waals surface area (Å²) in [4.78, 5) is 10.7. The Morgan fingerprint density at radius 2 is 1.72 bits per heavy atom. The summed E-state index contributed by atoms with van der Waals surface area (Å²) in [7, 11) is -4.52. The van der Waals surface area contributed by atoms with E-state index in [1.807, 2.05) is 0 Å². The third-order valence-corrected chi connectivity index (χ3v) is 3.42. The van der Waals surface area contributed by atoms with E-state index in [1.54, 1.807) is 12.1 Å². The molecule has 0 heterocycles. The largest absolute Gasteiger partial charge is 0.506 e. The zero-order valence-corrected chi connectivity index (χ0v) is 9.81. The minimum absolute atomic E-state index is 0.113. The molecule has 0 spiro atoms. The molecular formula is C11H9NO5S. The van der Waals surface area contributed by atoms with Crippen molar-refractivity contribution in [2.45, 2.75) is 4.90 Å². The molecule has 7 heteroatoms. The molecule has 1 amide bonds. The maximum Gasteiger partial charge on any atom is 0.295 e. The maximum atomic E-state index is 11.3. The molecule has 0 fully saturated rings. The molecule has 2 rings (SSSR count). The molecule has 0 saturated heterocycles. The molecule has 0 aromatic heterocycles. The van der Waals surface area contributed by atoms with Crippen molar-refractivity contribution in [1.82, 2.24) is 0 Å². The smallest absolute Gasteiger partial charge is 0.295 e. The van der Waals surface area contributed by atoms with Gasteiger partial charge < -0.3 is 10.8 Å². The van der Waals surface area contributed by atoms with Crippen molar-refractivity contribution in [2.75, 3.05) is 0 Å². The predicted octanol–water partition coefficient (Wildman–Crippen LogP) is 0.891. The highest BCUT2D eigenvalue weighted by molar-refractivity contribution is 7.86. The van der Waals surface area contributed by atoms with Crippen LogP contribution in [0.25, 0.3) is 10.8 Å². The maximum absolute atomic E-state index is 11.3. The van der Waals surface area contributed by atoms with Crippen LogP contribution in [0, 0.1) is 0 Å². The molecule has 4 N–H and O–H groups in total. The second-order valence-corrected chi connectivity index (χ2v) is 5.05. The highest BCUT2D eigenvalue weighted by Crippen LogP contribution is 2.33. The van der Waals surface area contributed by atoms with Crippen LogP contribution in [-0.2, 0) is 10.1 Å². The van der Waals surface area contributed by atoms with Crippen LogP contribution >= 0.6 is 0 Å². The number of hydrogen-bond donors (Lipinski definition) is 3. The van der Waals surface area contributed by atoms with Gasteiger partial charge in [-0.3, -0.25) is 9.35 Å². The molecule has 94 valence electrons. The van der Waals surface area contributed by atoms with Crippen molar-refractivity contribution >= 4 is 26.8 Å². The van der Waals surface area contributed by atoms with Gasteiger partial charge in [0.1, 0.15) is 10.6 Å². The van der Waals surface area contributed by atoms with Crippen molar-refractivity contribution in [3.63, 3.8) is 0 Å². The van der Waals surface area contributed by atoms with Crippen molar-refractivity contribution in [2.24, 2.45) is 5.73 Å². The fourth-order valence-corrected chi connectivity index (χ4v) is 2.45. The molecular weight excluding hydrogens is 258 g/mol. The molecule has 0 aliphatic heterocycles. The second kappa shape index (κ2) is 3.97. The quantitative estimate of drug-likeness (QED) is 0.698. The highest BCUT2D eigenvalue weighted by Gasteiger charge is 2.21. The van der Waals surface area contributed by atoms with Crippen LogP contribution < -0.4 is 5.73 Å². The van der Waals surface area contributed by atoms with E-state index in [0.29, 0.717) is 0 Å². The van der Waals surface area contributed by atoms with Gasteiger partial charge in [-0.05, 0) is 6.07 Å². The third-order valence-electron chi connectivity index (χ3n) is 2.52. The van der Waals surface area contributed by atoms with E-state index in [2.05, 4.69) is 0 Å². The van der Waals surface area contributed by atoms with Gasteiger partial charge in [0.25, 0.3) is 16.0 Å². The molecule has 0 aliphatic carbocycles. The van der Waals surface area contributed by atoms with E-state index in [0.717, 1.165) is 6.07 Å². The van der Waals surface area contributed by atoms with E-state index >= 15 is 0 Å². The Bertz CT molecular complexity index is 751. The van der Waals surface area contributed by atoms with Gasteiger partial charge in [-0.1, -0.05) is 24.3 Å². The van der Waals surface area contributed by atoms with Crippen LogP contribution in [-0.4, -0.2) is 24.0 Å². The van der Waals surface area contributed by atoms with Crippen molar-refractivity contribution in [3.8, 4) is 5.75 Å². The predicted molar refractivity (Wildman–Crippen MR) is 63.9 cm³/mol. The lowest BCUT2D eigenvalue weighted by molar-refractivity contribution is 0.0998. The van der Waals surface area contributed by atoms with Gasteiger partial charge in [0.15, 0.2) is 0 Å². The first kappa shape index (κ1) is 12.3. The minimum Gasteiger partial charge on any atom is -0.506 e. The Balaban J connectivity index is 3.03. The summed E-state index contributed by atoms with van der Waals surface area (Å²) < 4.78 is 31.6. The number of fused-ring (bicyclic) bond motifs is 1. The number of benzene rings is 2. The standard InChI is InChI=1S/C11H9NO5S/c12-11(14)8-5-9(18(15,16)17)6-3-1-2-4-7(6)10(8)13/h1-5,13H,(H2,12,14)(H,15,16,17). The number of carbonyl (C=O) groups is 1. The van der Waals surface area contributed by atoms with Gasteiger partial charge in [-0.15, -0.1) is 0 Å². The number of hydrogen-bond acceptors (Lipinski definition) is 4. The lowest BCUT2D eigenvalue weighted by Gasteiger charge is -2.09. The summed E-state index contributed by atoms with van der Waals surface area (Å²) in [5.41, 5.74) is 4.68. The zero-order chi connectivity index (χ0) is 13.5. The van der Waals surface area contributed by atoms with Gasteiger partial charge in [0.2, 0.25) is 0 Å². The van der Waals surface area contributed by atoms with Crippen LogP contribution in [0.2, 0.25) is 0 Å². The van der Waals surface area contributed by atoms with Crippen molar-refractivity contribution in [3.05, 3.63) is 35.9 Å². The van der Waals surface area contributed by atoms with Gasteiger partial charge in [-0.25, -0.2) is 0 Å². The molecule has 2 aromatic rings. The number of amides is 1.